The molecule has 1 aliphatic heterocycles. The molecule has 6 heteroatoms. The van der Waals surface area contributed by atoms with Crippen LogP contribution in [0.15, 0.2) is 30.3 Å². The Bertz CT molecular complexity index is 601. The Balaban J connectivity index is 1.79. The minimum absolute atomic E-state index is 0.0688. The molecule has 0 atom stereocenters. The molecule has 0 unspecified atom stereocenters. The van der Waals surface area contributed by atoms with Crippen molar-refractivity contribution in [3.05, 3.63) is 35.9 Å². The van der Waals surface area contributed by atoms with E-state index in [0.29, 0.717) is 32.5 Å². The lowest BCUT2D eigenvalue weighted by atomic mass is 10.2. The lowest BCUT2D eigenvalue weighted by molar-refractivity contribution is -0.147. The van der Waals surface area contributed by atoms with Crippen molar-refractivity contribution in [2.75, 3.05) is 19.6 Å². The van der Waals surface area contributed by atoms with Gasteiger partial charge in [0.1, 0.15) is 0 Å². The molecule has 1 aromatic rings. The highest BCUT2D eigenvalue weighted by Crippen LogP contribution is 2.10. The number of nitrogens with one attached hydrogen (secondary N) is 1. The van der Waals surface area contributed by atoms with Gasteiger partial charge in [-0.05, 0) is 32.3 Å². The van der Waals surface area contributed by atoms with E-state index >= 15 is 0 Å². The van der Waals surface area contributed by atoms with E-state index in [1.165, 1.54) is 0 Å². The van der Waals surface area contributed by atoms with Crippen LogP contribution in [0.1, 0.15) is 38.7 Å². The molecule has 1 heterocycles. The highest BCUT2D eigenvalue weighted by atomic mass is 16.2. The number of nitrogens with zero attached hydrogens (tertiary/aromatic N) is 2. The molecule has 0 spiro atoms. The second kappa shape index (κ2) is 9.20. The van der Waals surface area contributed by atoms with Crippen molar-refractivity contribution in [1.29, 1.82) is 0 Å². The minimum atomic E-state index is -0.586. The standard InChI is InChI=1S/C19H27N3O3/c1-15(2)22(14-16-8-4-3-5-9-16)19(25)18(24)20-11-7-13-21-12-6-10-17(21)23/h3-5,8-9,15H,6-7,10-14H2,1-2H3,(H,20,24). The van der Waals surface area contributed by atoms with Crippen LogP contribution in [-0.4, -0.2) is 53.2 Å². The van der Waals surface area contributed by atoms with Gasteiger partial charge in [0.05, 0.1) is 0 Å². The maximum atomic E-state index is 12.4. The number of hydrogen-bond acceptors (Lipinski definition) is 3. The molecule has 2 rings (SSSR count). The summed E-state index contributed by atoms with van der Waals surface area (Å²) in [7, 11) is 0. The normalized spacial score (nSPS) is 14.0. The molecule has 0 aliphatic carbocycles. The monoisotopic (exact) mass is 345 g/mol. The van der Waals surface area contributed by atoms with Gasteiger partial charge in [0, 0.05) is 38.6 Å². The second-order valence-electron chi connectivity index (χ2n) is 6.61. The van der Waals surface area contributed by atoms with Crippen molar-refractivity contribution in [2.45, 2.75) is 45.7 Å². The van der Waals surface area contributed by atoms with Crippen LogP contribution in [0.3, 0.4) is 0 Å². The van der Waals surface area contributed by atoms with E-state index in [1.54, 1.807) is 4.90 Å². The second-order valence-corrected chi connectivity index (χ2v) is 6.61. The number of carbonyl (C=O) groups is 3. The van der Waals surface area contributed by atoms with E-state index in [2.05, 4.69) is 5.32 Å². The van der Waals surface area contributed by atoms with E-state index in [9.17, 15) is 14.4 Å². The molecule has 0 saturated carbocycles. The molecule has 0 aromatic heterocycles. The SMILES string of the molecule is CC(C)N(Cc1ccccc1)C(=O)C(=O)NCCCN1CCCC1=O. The van der Waals surface area contributed by atoms with Gasteiger partial charge in [0.25, 0.3) is 0 Å². The van der Waals surface area contributed by atoms with Gasteiger partial charge in [-0.25, -0.2) is 0 Å². The summed E-state index contributed by atoms with van der Waals surface area (Å²) in [6.45, 7) is 6.02. The van der Waals surface area contributed by atoms with Gasteiger partial charge in [-0.2, -0.15) is 0 Å². The molecule has 25 heavy (non-hydrogen) atoms. The zero-order chi connectivity index (χ0) is 18.2. The summed E-state index contributed by atoms with van der Waals surface area (Å²) in [6.07, 6.45) is 2.19. The number of benzene rings is 1. The summed E-state index contributed by atoms with van der Waals surface area (Å²) >= 11 is 0. The third-order valence-corrected chi connectivity index (χ3v) is 4.34. The van der Waals surface area contributed by atoms with E-state index in [4.69, 9.17) is 0 Å². The maximum absolute atomic E-state index is 12.4. The summed E-state index contributed by atoms with van der Waals surface area (Å²) in [4.78, 5) is 39.5. The van der Waals surface area contributed by atoms with Gasteiger partial charge in [0.15, 0.2) is 0 Å². The third-order valence-electron chi connectivity index (χ3n) is 4.34. The van der Waals surface area contributed by atoms with Crippen LogP contribution in [0, 0.1) is 0 Å². The molecule has 1 aromatic carbocycles. The van der Waals surface area contributed by atoms with Crippen LogP contribution < -0.4 is 5.32 Å². The van der Waals surface area contributed by atoms with Crippen LogP contribution in [0.2, 0.25) is 0 Å². The van der Waals surface area contributed by atoms with Gasteiger partial charge in [-0.1, -0.05) is 30.3 Å². The number of amides is 3. The summed E-state index contributed by atoms with van der Waals surface area (Å²) in [5.74, 6) is -0.926. The first kappa shape index (κ1) is 19.0. The van der Waals surface area contributed by atoms with Gasteiger partial charge in [0.2, 0.25) is 5.91 Å². The van der Waals surface area contributed by atoms with Crippen LogP contribution >= 0.6 is 0 Å². The lowest BCUT2D eigenvalue weighted by Gasteiger charge is -2.26. The molecule has 1 N–H and O–H groups in total. The Labute approximate surface area is 149 Å². The largest absolute Gasteiger partial charge is 0.348 e. The predicted octanol–water partition coefficient (Wildman–Crippen LogP) is 1.55. The average Bonchev–Trinajstić information content (AvgIpc) is 3.01. The fourth-order valence-electron chi connectivity index (χ4n) is 2.89. The Morgan fingerprint density at radius 2 is 1.96 bits per heavy atom. The topological polar surface area (TPSA) is 69.7 Å². The van der Waals surface area contributed by atoms with E-state index in [-0.39, 0.29) is 11.9 Å². The van der Waals surface area contributed by atoms with Crippen molar-refractivity contribution in [3.8, 4) is 0 Å². The highest BCUT2D eigenvalue weighted by Gasteiger charge is 2.24. The summed E-state index contributed by atoms with van der Waals surface area (Å²) in [5, 5.41) is 2.67. The van der Waals surface area contributed by atoms with Crippen molar-refractivity contribution in [3.63, 3.8) is 0 Å². The Hall–Kier alpha value is -2.37. The lowest BCUT2D eigenvalue weighted by Crippen LogP contribution is -2.46. The summed E-state index contributed by atoms with van der Waals surface area (Å²) in [5.41, 5.74) is 0.991. The number of hydrogen-bond donors (Lipinski definition) is 1. The number of carbonyl (C=O) groups excluding carboxylic acids is 3. The van der Waals surface area contributed by atoms with Crippen LogP contribution in [0.25, 0.3) is 0 Å². The van der Waals surface area contributed by atoms with Gasteiger partial charge in [-0.15, -0.1) is 0 Å². The summed E-state index contributed by atoms with van der Waals surface area (Å²) < 4.78 is 0. The first-order chi connectivity index (χ1) is 12.0. The Kier molecular flexibility index (Phi) is 6.98. The molecule has 1 aliphatic rings. The molecular formula is C19H27N3O3. The molecule has 6 nitrogen and oxygen atoms in total. The van der Waals surface area contributed by atoms with Gasteiger partial charge >= 0.3 is 11.8 Å². The van der Waals surface area contributed by atoms with Crippen molar-refractivity contribution in [2.24, 2.45) is 0 Å². The van der Waals surface area contributed by atoms with E-state index in [1.807, 2.05) is 49.1 Å². The highest BCUT2D eigenvalue weighted by molar-refractivity contribution is 6.35. The van der Waals surface area contributed by atoms with Gasteiger partial charge in [-0.3, -0.25) is 14.4 Å². The Morgan fingerprint density at radius 3 is 2.56 bits per heavy atom. The molecule has 3 amide bonds. The van der Waals surface area contributed by atoms with Crippen molar-refractivity contribution in [1.82, 2.24) is 15.1 Å². The molecular weight excluding hydrogens is 318 g/mol. The summed E-state index contributed by atoms with van der Waals surface area (Å²) in [6, 6.07) is 9.56. The van der Waals surface area contributed by atoms with E-state index in [0.717, 1.165) is 18.5 Å². The van der Waals surface area contributed by atoms with Crippen LogP contribution in [0.5, 0.6) is 0 Å². The number of rotatable bonds is 7. The fourth-order valence-corrected chi connectivity index (χ4v) is 2.89. The minimum Gasteiger partial charge on any atom is -0.348 e. The zero-order valence-electron chi connectivity index (χ0n) is 15.0. The number of likely N-dealkylation sites (tertiary alicyclic amines) is 1. The van der Waals surface area contributed by atoms with Crippen LogP contribution in [-0.2, 0) is 20.9 Å². The van der Waals surface area contributed by atoms with E-state index < -0.39 is 11.8 Å². The predicted molar refractivity (Wildman–Crippen MR) is 95.6 cm³/mol. The average molecular weight is 345 g/mol. The molecule has 136 valence electrons. The van der Waals surface area contributed by atoms with Crippen molar-refractivity contribution >= 4 is 17.7 Å². The van der Waals surface area contributed by atoms with Crippen molar-refractivity contribution < 1.29 is 14.4 Å². The smallest absolute Gasteiger partial charge is 0.312 e. The van der Waals surface area contributed by atoms with Crippen LogP contribution in [0.4, 0.5) is 0 Å². The quantitative estimate of drug-likeness (QED) is 0.602. The maximum Gasteiger partial charge on any atom is 0.312 e. The molecule has 1 saturated heterocycles. The molecule has 0 bridgehead atoms. The Morgan fingerprint density at radius 1 is 1.24 bits per heavy atom. The first-order valence-corrected chi connectivity index (χ1v) is 8.89. The van der Waals surface area contributed by atoms with Gasteiger partial charge < -0.3 is 15.1 Å². The zero-order valence-corrected chi connectivity index (χ0v) is 15.0. The molecule has 1 fully saturated rings. The fraction of sp³-hybridized carbons (Fsp3) is 0.526. The molecule has 0 radical (unpaired) electrons. The first-order valence-electron chi connectivity index (χ1n) is 8.89. The third kappa shape index (κ3) is 5.59.